The molecule has 13 heteroatoms. The second-order valence-electron chi connectivity index (χ2n) is 37.8. The predicted octanol–water partition coefficient (Wildman–Crippen LogP) is 34.0. The Bertz CT molecular complexity index is 10800. The molecular formula is C136H81N13. The molecule has 13 nitrogen and oxygen atoms in total. The van der Waals surface area contributed by atoms with Crippen molar-refractivity contribution in [3.05, 3.63) is 492 Å². The SMILES string of the molecule is [2H]c1c([2H])c([2H])c(-c2nc(-c3ccccc3)nc(-c3ccc4ccccc4c3-n3c4cccc5c4c4c6c(cccc6ccc43)-c3ccccc3-5)n2)c([2H])c1[2H].c1ccc(-c2nc(-c3ccccc3)nc(-c3ccc4ccccc4c3-n3c4cccc5c4c4c6c(cccc6ccc43)-c3ccccc3-5)n2)cc1.c1ccc(-c2nc(-c3ccccc3)nc(-c3ccncc3-n3c4cccc5c4c4c6c(cccc6ccc43)-c3ccccc3-5)n2)cc1. The van der Waals surface area contributed by atoms with Crippen molar-refractivity contribution in [3.8, 4) is 186 Å². The summed E-state index contributed by atoms with van der Waals surface area (Å²) in [4.78, 5) is 50.1. The number of benzene rings is 22. The van der Waals surface area contributed by atoms with Gasteiger partial charge in [0.15, 0.2) is 52.4 Å². The Balaban J connectivity index is 0.000000106. The van der Waals surface area contributed by atoms with E-state index in [2.05, 4.69) is 316 Å². The summed E-state index contributed by atoms with van der Waals surface area (Å²) in [5, 5.41) is 19.0. The summed E-state index contributed by atoms with van der Waals surface area (Å²) in [5.41, 5.74) is 31.1. The maximum atomic E-state index is 8.85. The van der Waals surface area contributed by atoms with Crippen molar-refractivity contribution in [1.29, 1.82) is 0 Å². The number of nitrogens with zero attached hydrogens (tertiary/aromatic N) is 13. The molecule has 0 aliphatic heterocycles. The zero-order valence-electron chi connectivity index (χ0n) is 84.7. The van der Waals surface area contributed by atoms with E-state index in [4.69, 9.17) is 51.7 Å². The Labute approximate surface area is 861 Å². The van der Waals surface area contributed by atoms with Crippen molar-refractivity contribution in [1.82, 2.24) is 63.5 Å². The molecule has 0 spiro atoms. The summed E-state index contributed by atoms with van der Waals surface area (Å²) < 4.78 is 50.0. The van der Waals surface area contributed by atoms with Crippen molar-refractivity contribution in [2.75, 3.05) is 0 Å². The van der Waals surface area contributed by atoms with Gasteiger partial charge in [0.2, 0.25) is 0 Å². The first-order chi connectivity index (χ1) is 76.0. The molecule has 0 fully saturated rings. The standard InChI is InChI=1S/2C47H28N4.C42H25N5/c2*1-3-14-31(15-4-1)45-48-46(32-16-5-2-6-17-32)50-47(49-45)38-27-25-29-13-7-8-19-33(29)44(38)51-39-24-12-23-37-35-21-10-9-20-34(35)36-22-11-18-30-26-28-40(51)43(41(30)36)42(37)39;1-3-11-27(12-4-1)40-44-41(28-13-5-2-6-14-28)46-42(45-40)33-23-24-43-25-36(33)47-34-20-10-19-32-30-17-8-7-16-29(30)31-18-9-15-26-21-22-35(47)39(37(26)31)38(32)34/h2*1-28H;1-25H/i1D,3D,4D,14D,15D;;. The molecule has 0 atom stereocenters. The van der Waals surface area contributed by atoms with E-state index in [-0.39, 0.29) is 23.5 Å². The minimum absolute atomic E-state index is 0.00360. The third-order valence-electron chi connectivity index (χ3n) is 29.7. The first-order valence-corrected chi connectivity index (χ1v) is 49.9. The summed E-state index contributed by atoms with van der Waals surface area (Å²) in [5.74, 6) is 4.40. The fourth-order valence-electron chi connectivity index (χ4n) is 23.4. The minimum Gasteiger partial charge on any atom is -0.308 e. The lowest BCUT2D eigenvalue weighted by molar-refractivity contribution is 1.06. The highest BCUT2D eigenvalue weighted by Gasteiger charge is 2.33. The highest BCUT2D eigenvalue weighted by molar-refractivity contribution is 6.34. The van der Waals surface area contributed by atoms with E-state index in [1.165, 1.54) is 115 Å². The molecule has 3 aliphatic carbocycles. The summed E-state index contributed by atoms with van der Waals surface area (Å²) in [6.45, 7) is 0. The van der Waals surface area contributed by atoms with Crippen LogP contribution in [0.3, 0.4) is 0 Å². The molecule has 0 radical (unpaired) electrons. The van der Waals surface area contributed by atoms with Gasteiger partial charge in [-0.15, -0.1) is 0 Å². The van der Waals surface area contributed by atoms with Gasteiger partial charge in [0.05, 0.1) is 63.2 Å². The fourth-order valence-corrected chi connectivity index (χ4v) is 23.4. The number of hydrogen-bond acceptors (Lipinski definition) is 10. The van der Waals surface area contributed by atoms with Gasteiger partial charge in [-0.1, -0.05) is 425 Å². The van der Waals surface area contributed by atoms with Gasteiger partial charge < -0.3 is 13.7 Å². The molecule has 0 saturated heterocycles. The van der Waals surface area contributed by atoms with Gasteiger partial charge in [0.25, 0.3) is 0 Å². The molecule has 0 amide bonds. The second-order valence-corrected chi connectivity index (χ2v) is 37.8. The van der Waals surface area contributed by atoms with Crippen molar-refractivity contribution in [3.63, 3.8) is 0 Å². The molecule has 149 heavy (non-hydrogen) atoms. The van der Waals surface area contributed by atoms with Crippen LogP contribution in [0, 0.1) is 0 Å². The first-order valence-electron chi connectivity index (χ1n) is 52.4. The molecule has 0 unspecified atom stereocenters. The van der Waals surface area contributed by atoms with Crippen molar-refractivity contribution in [2.45, 2.75) is 0 Å². The van der Waals surface area contributed by atoms with Gasteiger partial charge >= 0.3 is 0 Å². The van der Waals surface area contributed by atoms with Crippen LogP contribution in [0.4, 0.5) is 0 Å². The molecule has 690 valence electrons. The number of pyridine rings is 1. The van der Waals surface area contributed by atoms with Crippen LogP contribution in [0.15, 0.2) is 492 Å². The van der Waals surface area contributed by atoms with Crippen LogP contribution in [0.1, 0.15) is 6.85 Å². The quantitative estimate of drug-likeness (QED) is 0.116. The van der Waals surface area contributed by atoms with E-state index in [9.17, 15) is 0 Å². The van der Waals surface area contributed by atoms with Crippen LogP contribution in [-0.4, -0.2) is 63.5 Å². The van der Waals surface area contributed by atoms with Crippen LogP contribution >= 0.6 is 0 Å². The normalized spacial score (nSPS) is 12.4. The highest BCUT2D eigenvalue weighted by Crippen LogP contribution is 2.56. The van der Waals surface area contributed by atoms with Gasteiger partial charge in [-0.05, 0) is 164 Å². The summed E-state index contributed by atoms with van der Waals surface area (Å²) >= 11 is 0. The molecule has 32 rings (SSSR count). The molecule has 22 aromatic carbocycles. The Hall–Kier alpha value is -20.3. The highest BCUT2D eigenvalue weighted by atomic mass is 15.1. The average molecular weight is 1900 g/mol. The molecule has 0 N–H and O–H groups in total. The molecular weight excluding hydrogens is 1820 g/mol. The molecule has 0 bridgehead atoms. The maximum Gasteiger partial charge on any atom is 0.166 e. The van der Waals surface area contributed by atoms with Crippen LogP contribution in [0.5, 0.6) is 0 Å². The summed E-state index contributed by atoms with van der Waals surface area (Å²) in [6, 6.07) is 155. The fraction of sp³-hybridized carbons (Fsp3) is 0. The average Bonchev–Trinajstić information content (AvgIpc) is 1.55. The molecule has 29 aromatic rings. The number of rotatable bonds is 12. The van der Waals surface area contributed by atoms with E-state index in [0.717, 1.165) is 121 Å². The van der Waals surface area contributed by atoms with Gasteiger partial charge in [-0.25, -0.2) is 44.9 Å². The lowest BCUT2D eigenvalue weighted by Crippen LogP contribution is -2.04. The third kappa shape index (κ3) is 13.5. The van der Waals surface area contributed by atoms with E-state index >= 15 is 0 Å². The Morgan fingerprint density at radius 3 is 0.765 bits per heavy atom. The first kappa shape index (κ1) is 79.3. The topological polar surface area (TPSA) is 144 Å². The number of hydrogen-bond donors (Lipinski definition) is 0. The van der Waals surface area contributed by atoms with Gasteiger partial charge in [0, 0.05) is 99.4 Å². The van der Waals surface area contributed by atoms with Crippen molar-refractivity contribution in [2.24, 2.45) is 0 Å². The lowest BCUT2D eigenvalue weighted by atomic mass is 9.93. The lowest BCUT2D eigenvalue weighted by Gasteiger charge is -2.18. The molecule has 7 heterocycles. The Morgan fingerprint density at radius 2 is 0.416 bits per heavy atom. The zero-order chi connectivity index (χ0) is 102. The van der Waals surface area contributed by atoms with Crippen LogP contribution < -0.4 is 0 Å². The van der Waals surface area contributed by atoms with Crippen LogP contribution in [0.25, 0.3) is 306 Å². The Morgan fingerprint density at radius 1 is 0.161 bits per heavy atom. The molecule has 3 aliphatic rings. The molecule has 0 saturated carbocycles. The Kier molecular flexibility index (Phi) is 18.2. The number of aromatic nitrogens is 13. The van der Waals surface area contributed by atoms with Crippen molar-refractivity contribution >= 4 is 119 Å². The zero-order valence-corrected chi connectivity index (χ0v) is 79.7. The second kappa shape index (κ2) is 34.2. The van der Waals surface area contributed by atoms with Gasteiger partial charge in [-0.2, -0.15) is 0 Å². The third-order valence-corrected chi connectivity index (χ3v) is 29.7. The summed E-state index contributed by atoms with van der Waals surface area (Å²) in [6.07, 6.45) is 3.75. The van der Waals surface area contributed by atoms with E-state index in [1.54, 1.807) is 0 Å². The largest absolute Gasteiger partial charge is 0.308 e. The minimum atomic E-state index is -0.477. The molecule has 7 aromatic heterocycles. The van der Waals surface area contributed by atoms with Gasteiger partial charge in [-0.3, -0.25) is 4.98 Å². The van der Waals surface area contributed by atoms with E-state index in [0.29, 0.717) is 57.7 Å². The van der Waals surface area contributed by atoms with Crippen LogP contribution in [0.2, 0.25) is 0 Å². The monoisotopic (exact) mass is 1900 g/mol. The van der Waals surface area contributed by atoms with Crippen molar-refractivity contribution < 1.29 is 6.85 Å². The maximum absolute atomic E-state index is 8.85. The number of fused-ring (bicyclic) bond motifs is 11. The van der Waals surface area contributed by atoms with E-state index < -0.39 is 18.1 Å². The summed E-state index contributed by atoms with van der Waals surface area (Å²) in [7, 11) is 0. The van der Waals surface area contributed by atoms with Crippen LogP contribution in [-0.2, 0) is 0 Å². The van der Waals surface area contributed by atoms with E-state index in [1.807, 2.05) is 164 Å². The predicted molar refractivity (Wildman–Crippen MR) is 610 cm³/mol. The smallest absolute Gasteiger partial charge is 0.166 e. The van der Waals surface area contributed by atoms with Gasteiger partial charge in [0.1, 0.15) is 0 Å².